The number of piperazine rings is 1. The summed E-state index contributed by atoms with van der Waals surface area (Å²) in [6, 6.07) is 7.99. The first-order chi connectivity index (χ1) is 12.7. The number of amides is 1. The van der Waals surface area contributed by atoms with Crippen molar-refractivity contribution >= 4 is 15.9 Å². The van der Waals surface area contributed by atoms with Gasteiger partial charge in [0.05, 0.1) is 10.8 Å². The molecule has 2 atom stereocenters. The SMILES string of the molecule is O=C(C1CCCCC1C(F)(F)F)N1CCN(S(=O)(=O)c2ccccc2)CC1. The Morgan fingerprint density at radius 3 is 2.15 bits per heavy atom. The molecule has 150 valence electrons. The van der Waals surface area contributed by atoms with E-state index in [1.165, 1.54) is 21.3 Å². The van der Waals surface area contributed by atoms with Crippen LogP contribution in [0.1, 0.15) is 25.7 Å². The summed E-state index contributed by atoms with van der Waals surface area (Å²) >= 11 is 0. The fourth-order valence-corrected chi connectivity index (χ4v) is 5.39. The van der Waals surface area contributed by atoms with Gasteiger partial charge in [0.1, 0.15) is 0 Å². The van der Waals surface area contributed by atoms with Gasteiger partial charge in [-0.2, -0.15) is 17.5 Å². The summed E-state index contributed by atoms with van der Waals surface area (Å²) in [5.74, 6) is -3.13. The number of carbonyl (C=O) groups excluding carboxylic acids is 1. The van der Waals surface area contributed by atoms with Crippen molar-refractivity contribution in [3.05, 3.63) is 30.3 Å². The van der Waals surface area contributed by atoms with Crippen molar-refractivity contribution in [2.45, 2.75) is 36.8 Å². The summed E-state index contributed by atoms with van der Waals surface area (Å²) in [7, 11) is -3.65. The molecule has 0 spiro atoms. The van der Waals surface area contributed by atoms with Gasteiger partial charge in [0, 0.05) is 32.1 Å². The molecule has 1 saturated carbocycles. The average Bonchev–Trinajstić information content (AvgIpc) is 2.67. The predicted molar refractivity (Wildman–Crippen MR) is 93.3 cm³/mol. The fraction of sp³-hybridized carbons (Fsp3) is 0.611. The van der Waals surface area contributed by atoms with E-state index in [-0.39, 0.29) is 43.9 Å². The van der Waals surface area contributed by atoms with Gasteiger partial charge in [-0.25, -0.2) is 8.42 Å². The van der Waals surface area contributed by atoms with E-state index < -0.39 is 33.9 Å². The lowest BCUT2D eigenvalue weighted by Gasteiger charge is -2.39. The van der Waals surface area contributed by atoms with Crippen LogP contribution >= 0.6 is 0 Å². The summed E-state index contributed by atoms with van der Waals surface area (Å²) in [6.07, 6.45) is -3.05. The van der Waals surface area contributed by atoms with Crippen LogP contribution in [0.25, 0.3) is 0 Å². The highest BCUT2D eigenvalue weighted by molar-refractivity contribution is 7.89. The molecule has 2 fully saturated rings. The van der Waals surface area contributed by atoms with Crippen LogP contribution in [0.4, 0.5) is 13.2 Å². The van der Waals surface area contributed by atoms with Crippen molar-refractivity contribution in [1.82, 2.24) is 9.21 Å². The Morgan fingerprint density at radius 2 is 1.56 bits per heavy atom. The third-order valence-corrected chi connectivity index (χ3v) is 7.35. The van der Waals surface area contributed by atoms with Crippen LogP contribution in [-0.2, 0) is 14.8 Å². The fourth-order valence-electron chi connectivity index (χ4n) is 3.94. The van der Waals surface area contributed by atoms with Crippen molar-refractivity contribution in [1.29, 1.82) is 0 Å². The molecule has 1 saturated heterocycles. The van der Waals surface area contributed by atoms with Gasteiger partial charge >= 0.3 is 6.18 Å². The summed E-state index contributed by atoms with van der Waals surface area (Å²) in [6.45, 7) is 0.413. The first-order valence-corrected chi connectivity index (χ1v) is 10.6. The molecule has 1 aromatic rings. The highest BCUT2D eigenvalue weighted by atomic mass is 32.2. The summed E-state index contributed by atoms with van der Waals surface area (Å²) < 4.78 is 66.3. The lowest BCUT2D eigenvalue weighted by atomic mass is 9.78. The normalized spacial score (nSPS) is 25.4. The van der Waals surface area contributed by atoms with Crippen LogP contribution in [0.15, 0.2) is 35.2 Å². The van der Waals surface area contributed by atoms with Crippen LogP contribution in [0, 0.1) is 11.8 Å². The number of benzene rings is 1. The van der Waals surface area contributed by atoms with E-state index in [1.807, 2.05) is 0 Å². The molecule has 1 aliphatic carbocycles. The van der Waals surface area contributed by atoms with Gasteiger partial charge in [-0.15, -0.1) is 0 Å². The van der Waals surface area contributed by atoms with Crippen molar-refractivity contribution in [3.63, 3.8) is 0 Å². The topological polar surface area (TPSA) is 57.7 Å². The van der Waals surface area contributed by atoms with E-state index in [9.17, 15) is 26.4 Å². The van der Waals surface area contributed by atoms with Gasteiger partial charge in [0.2, 0.25) is 15.9 Å². The van der Waals surface area contributed by atoms with Gasteiger partial charge in [-0.05, 0) is 25.0 Å². The first kappa shape index (κ1) is 20.1. The van der Waals surface area contributed by atoms with E-state index in [4.69, 9.17) is 0 Å². The van der Waals surface area contributed by atoms with Crippen molar-refractivity contribution in [2.75, 3.05) is 26.2 Å². The maximum Gasteiger partial charge on any atom is 0.392 e. The second-order valence-electron chi connectivity index (χ2n) is 7.08. The Bertz CT molecular complexity index is 760. The molecule has 1 aromatic carbocycles. The summed E-state index contributed by atoms with van der Waals surface area (Å²) in [5, 5.41) is 0. The van der Waals surface area contributed by atoms with E-state index in [0.29, 0.717) is 12.8 Å². The molecule has 0 bridgehead atoms. The summed E-state index contributed by atoms with van der Waals surface area (Å²) in [5.41, 5.74) is 0. The molecule has 27 heavy (non-hydrogen) atoms. The molecule has 3 rings (SSSR count). The van der Waals surface area contributed by atoms with E-state index in [2.05, 4.69) is 0 Å². The van der Waals surface area contributed by atoms with Crippen molar-refractivity contribution in [3.8, 4) is 0 Å². The number of carbonyl (C=O) groups is 1. The van der Waals surface area contributed by atoms with Crippen molar-refractivity contribution < 1.29 is 26.4 Å². The lowest BCUT2D eigenvalue weighted by molar-refractivity contribution is -0.201. The molecular formula is C18H23F3N2O3S. The van der Waals surface area contributed by atoms with Crippen LogP contribution in [0.2, 0.25) is 0 Å². The maximum absolute atomic E-state index is 13.3. The minimum atomic E-state index is -4.38. The average molecular weight is 404 g/mol. The number of sulfonamides is 1. The molecule has 9 heteroatoms. The van der Waals surface area contributed by atoms with Crippen LogP contribution in [0.5, 0.6) is 0 Å². The predicted octanol–water partition coefficient (Wildman–Crippen LogP) is 2.89. The number of hydrogen-bond acceptors (Lipinski definition) is 3. The minimum absolute atomic E-state index is 0.0116. The zero-order valence-corrected chi connectivity index (χ0v) is 15.7. The number of nitrogens with zero attached hydrogens (tertiary/aromatic N) is 2. The zero-order chi connectivity index (χ0) is 19.7. The quantitative estimate of drug-likeness (QED) is 0.779. The summed E-state index contributed by atoms with van der Waals surface area (Å²) in [4.78, 5) is 14.3. The first-order valence-electron chi connectivity index (χ1n) is 9.12. The minimum Gasteiger partial charge on any atom is -0.340 e. The largest absolute Gasteiger partial charge is 0.392 e. The Kier molecular flexibility index (Phi) is 5.81. The molecule has 0 N–H and O–H groups in total. The molecule has 5 nitrogen and oxygen atoms in total. The number of rotatable bonds is 3. The molecular weight excluding hydrogens is 381 g/mol. The van der Waals surface area contributed by atoms with Crippen molar-refractivity contribution in [2.24, 2.45) is 11.8 Å². The molecule has 0 radical (unpaired) electrons. The second-order valence-corrected chi connectivity index (χ2v) is 9.02. The standard InChI is InChI=1S/C18H23F3N2O3S/c19-18(20,21)16-9-5-4-8-15(16)17(24)22-10-12-23(13-11-22)27(25,26)14-6-2-1-3-7-14/h1-3,6-7,15-16H,4-5,8-13H2. The Labute approximate surface area is 157 Å². The van der Waals surface area contributed by atoms with Gasteiger partial charge in [0.15, 0.2) is 0 Å². The Morgan fingerprint density at radius 1 is 0.963 bits per heavy atom. The third kappa shape index (κ3) is 4.29. The lowest BCUT2D eigenvalue weighted by Crippen LogP contribution is -2.53. The highest BCUT2D eigenvalue weighted by Gasteiger charge is 2.49. The van der Waals surface area contributed by atoms with Gasteiger partial charge in [0.25, 0.3) is 0 Å². The third-order valence-electron chi connectivity index (χ3n) is 5.43. The van der Waals surface area contributed by atoms with Gasteiger partial charge < -0.3 is 4.90 Å². The molecule has 1 amide bonds. The Balaban J connectivity index is 1.66. The van der Waals surface area contributed by atoms with Gasteiger partial charge in [-0.3, -0.25) is 4.79 Å². The van der Waals surface area contributed by atoms with Crippen LogP contribution in [-0.4, -0.2) is 55.9 Å². The van der Waals surface area contributed by atoms with Crippen LogP contribution < -0.4 is 0 Å². The molecule has 2 unspecified atom stereocenters. The van der Waals surface area contributed by atoms with E-state index >= 15 is 0 Å². The number of halogens is 3. The molecule has 1 aliphatic heterocycles. The number of hydrogen-bond donors (Lipinski definition) is 0. The van der Waals surface area contributed by atoms with Crippen LogP contribution in [0.3, 0.4) is 0 Å². The van der Waals surface area contributed by atoms with Gasteiger partial charge in [-0.1, -0.05) is 31.0 Å². The maximum atomic E-state index is 13.3. The molecule has 0 aromatic heterocycles. The Hall–Kier alpha value is -1.61. The smallest absolute Gasteiger partial charge is 0.340 e. The molecule has 1 heterocycles. The molecule has 2 aliphatic rings. The van der Waals surface area contributed by atoms with E-state index in [0.717, 1.165) is 0 Å². The highest BCUT2D eigenvalue weighted by Crippen LogP contribution is 2.42. The second kappa shape index (κ2) is 7.79. The monoisotopic (exact) mass is 404 g/mol. The van der Waals surface area contributed by atoms with E-state index in [1.54, 1.807) is 18.2 Å². The zero-order valence-electron chi connectivity index (χ0n) is 14.9. The number of alkyl halides is 3.